The standard InChI is InChI=1S/C28H25FN6O2/c1-2-8-24-26(29)35(25(36)17-19-9-4-3-5-10-19)28(37)34(24)18-20-13-15-21(16-14-20)22-11-6-7-12-23(22)27-30-32-33-31-27/h3-7,9-16H,2,8,17-18H2,1H3,(H,30,31,32,33). The molecule has 5 aromatic rings. The van der Waals surface area contributed by atoms with Crippen molar-refractivity contribution in [2.24, 2.45) is 0 Å². The fourth-order valence-corrected chi connectivity index (χ4v) is 4.44. The number of hydrogen-bond donors (Lipinski definition) is 1. The lowest BCUT2D eigenvalue weighted by Gasteiger charge is -2.10. The van der Waals surface area contributed by atoms with E-state index in [2.05, 4.69) is 20.6 Å². The minimum absolute atomic E-state index is 0.0538. The van der Waals surface area contributed by atoms with Crippen LogP contribution in [0.5, 0.6) is 0 Å². The molecule has 0 bridgehead atoms. The minimum Gasteiger partial charge on any atom is -0.288 e. The first-order chi connectivity index (χ1) is 18.1. The number of hydrogen-bond acceptors (Lipinski definition) is 5. The molecule has 0 spiro atoms. The number of H-pyrrole nitrogens is 1. The third-order valence-corrected chi connectivity index (χ3v) is 6.24. The second kappa shape index (κ2) is 10.5. The summed E-state index contributed by atoms with van der Waals surface area (Å²) in [5, 5.41) is 14.3. The van der Waals surface area contributed by atoms with Gasteiger partial charge < -0.3 is 0 Å². The third-order valence-electron chi connectivity index (χ3n) is 6.24. The molecular formula is C28H25FN6O2. The Labute approximate surface area is 212 Å². The lowest BCUT2D eigenvalue weighted by atomic mass is 9.98. The number of carbonyl (C=O) groups is 1. The van der Waals surface area contributed by atoms with Gasteiger partial charge in [-0.25, -0.2) is 9.36 Å². The highest BCUT2D eigenvalue weighted by Crippen LogP contribution is 2.29. The number of rotatable bonds is 8. The van der Waals surface area contributed by atoms with Gasteiger partial charge in [-0.05, 0) is 33.9 Å². The summed E-state index contributed by atoms with van der Waals surface area (Å²) in [6.45, 7) is 2.07. The molecule has 0 aliphatic rings. The van der Waals surface area contributed by atoms with Gasteiger partial charge in [-0.15, -0.1) is 10.2 Å². The van der Waals surface area contributed by atoms with Crippen LogP contribution in [0.1, 0.15) is 35.0 Å². The van der Waals surface area contributed by atoms with Crippen molar-refractivity contribution >= 4 is 5.91 Å². The van der Waals surface area contributed by atoms with E-state index in [1.165, 1.54) is 4.57 Å². The highest BCUT2D eigenvalue weighted by atomic mass is 19.1. The van der Waals surface area contributed by atoms with Crippen molar-refractivity contribution in [3.8, 4) is 22.5 Å². The molecule has 0 fully saturated rings. The van der Waals surface area contributed by atoms with Crippen LogP contribution in [0.25, 0.3) is 22.5 Å². The van der Waals surface area contributed by atoms with Gasteiger partial charge in [0, 0.05) is 5.56 Å². The van der Waals surface area contributed by atoms with E-state index < -0.39 is 17.5 Å². The van der Waals surface area contributed by atoms with Crippen molar-refractivity contribution < 1.29 is 9.18 Å². The van der Waals surface area contributed by atoms with E-state index in [-0.39, 0.29) is 18.7 Å². The monoisotopic (exact) mass is 496 g/mol. The van der Waals surface area contributed by atoms with Crippen molar-refractivity contribution in [3.63, 3.8) is 0 Å². The summed E-state index contributed by atoms with van der Waals surface area (Å²) in [4.78, 5) is 26.1. The predicted octanol–water partition coefficient (Wildman–Crippen LogP) is 4.52. The molecule has 0 unspecified atom stereocenters. The van der Waals surface area contributed by atoms with Crippen molar-refractivity contribution in [1.29, 1.82) is 0 Å². The van der Waals surface area contributed by atoms with E-state index in [1.807, 2.05) is 61.5 Å². The average molecular weight is 497 g/mol. The van der Waals surface area contributed by atoms with E-state index in [0.717, 1.165) is 27.8 Å². The summed E-state index contributed by atoms with van der Waals surface area (Å²) >= 11 is 0. The maximum Gasteiger partial charge on any atom is 0.337 e. The van der Waals surface area contributed by atoms with E-state index >= 15 is 4.39 Å². The molecule has 2 aromatic heterocycles. The number of benzene rings is 3. The number of nitrogens with zero attached hydrogens (tertiary/aromatic N) is 5. The molecule has 0 saturated heterocycles. The molecule has 0 amide bonds. The highest BCUT2D eigenvalue weighted by molar-refractivity contribution is 5.81. The topological polar surface area (TPSA) is 98.5 Å². The maximum atomic E-state index is 15.4. The van der Waals surface area contributed by atoms with E-state index in [4.69, 9.17) is 0 Å². The zero-order valence-corrected chi connectivity index (χ0v) is 20.3. The molecule has 0 radical (unpaired) electrons. The predicted molar refractivity (Wildman–Crippen MR) is 138 cm³/mol. The smallest absolute Gasteiger partial charge is 0.288 e. The number of imidazole rings is 1. The fourth-order valence-electron chi connectivity index (χ4n) is 4.44. The Morgan fingerprint density at radius 3 is 2.30 bits per heavy atom. The molecule has 0 saturated carbocycles. The number of carbonyl (C=O) groups excluding carboxylic acids is 1. The zero-order valence-electron chi connectivity index (χ0n) is 20.3. The maximum absolute atomic E-state index is 15.4. The summed E-state index contributed by atoms with van der Waals surface area (Å²) < 4.78 is 17.4. The largest absolute Gasteiger partial charge is 0.337 e. The van der Waals surface area contributed by atoms with Crippen LogP contribution >= 0.6 is 0 Å². The molecule has 9 heteroatoms. The van der Waals surface area contributed by atoms with Crippen LogP contribution in [0.3, 0.4) is 0 Å². The second-order valence-electron chi connectivity index (χ2n) is 8.73. The normalized spacial score (nSPS) is 11.1. The van der Waals surface area contributed by atoms with E-state index in [0.29, 0.717) is 23.2 Å². The molecule has 37 heavy (non-hydrogen) atoms. The van der Waals surface area contributed by atoms with Crippen LogP contribution in [0.4, 0.5) is 4.39 Å². The van der Waals surface area contributed by atoms with Gasteiger partial charge in [0.25, 0.3) is 0 Å². The molecule has 8 nitrogen and oxygen atoms in total. The molecule has 5 rings (SSSR count). The van der Waals surface area contributed by atoms with E-state index in [1.54, 1.807) is 24.3 Å². The Kier molecular flexibility index (Phi) is 6.85. The van der Waals surface area contributed by atoms with Crippen LogP contribution in [-0.4, -0.2) is 35.7 Å². The summed E-state index contributed by atoms with van der Waals surface area (Å²) in [6, 6.07) is 24.4. The van der Waals surface area contributed by atoms with Crippen molar-refractivity contribution in [2.75, 3.05) is 0 Å². The number of aromatic amines is 1. The number of aromatic nitrogens is 6. The van der Waals surface area contributed by atoms with Gasteiger partial charge in [0.1, 0.15) is 0 Å². The first-order valence-corrected chi connectivity index (χ1v) is 12.1. The summed E-state index contributed by atoms with van der Waals surface area (Å²) in [7, 11) is 0. The minimum atomic E-state index is -0.779. The molecule has 186 valence electrons. The molecular weight excluding hydrogens is 471 g/mol. The number of tetrazole rings is 1. The molecule has 2 heterocycles. The van der Waals surface area contributed by atoms with Crippen LogP contribution in [0, 0.1) is 5.95 Å². The second-order valence-corrected chi connectivity index (χ2v) is 8.73. The van der Waals surface area contributed by atoms with Crippen LogP contribution in [0.2, 0.25) is 0 Å². The van der Waals surface area contributed by atoms with Crippen LogP contribution in [0.15, 0.2) is 83.7 Å². The number of halogens is 1. The van der Waals surface area contributed by atoms with Gasteiger partial charge in [-0.3, -0.25) is 9.36 Å². The fraction of sp³-hybridized carbons (Fsp3) is 0.179. The SMILES string of the molecule is CCCc1c(F)n(C(=O)Cc2ccccc2)c(=O)n1Cc1ccc(-c2ccccc2-c2nn[nH]n2)cc1. The van der Waals surface area contributed by atoms with Crippen LogP contribution < -0.4 is 5.69 Å². The zero-order chi connectivity index (χ0) is 25.8. The van der Waals surface area contributed by atoms with Crippen molar-refractivity contribution in [2.45, 2.75) is 32.7 Å². The molecule has 0 aliphatic heterocycles. The van der Waals surface area contributed by atoms with Gasteiger partial charge in [-0.1, -0.05) is 92.2 Å². The van der Waals surface area contributed by atoms with Crippen molar-refractivity contribution in [3.05, 3.63) is 112 Å². The summed E-state index contributed by atoms with van der Waals surface area (Å²) in [6.07, 6.45) is 0.934. The third kappa shape index (κ3) is 4.88. The Bertz CT molecular complexity index is 1570. The van der Waals surface area contributed by atoms with Gasteiger partial charge in [0.15, 0.2) is 0 Å². The molecule has 3 aromatic carbocycles. The first-order valence-electron chi connectivity index (χ1n) is 12.1. The number of nitrogens with one attached hydrogen (secondary N) is 1. The Morgan fingerprint density at radius 2 is 1.62 bits per heavy atom. The first kappa shape index (κ1) is 24.1. The van der Waals surface area contributed by atoms with Gasteiger partial charge in [0.2, 0.25) is 17.7 Å². The lowest BCUT2D eigenvalue weighted by molar-refractivity contribution is 0.0895. The Morgan fingerprint density at radius 1 is 0.919 bits per heavy atom. The van der Waals surface area contributed by atoms with Gasteiger partial charge in [-0.2, -0.15) is 9.60 Å². The van der Waals surface area contributed by atoms with Crippen LogP contribution in [-0.2, 0) is 19.4 Å². The quantitative estimate of drug-likeness (QED) is 0.341. The molecule has 0 atom stereocenters. The van der Waals surface area contributed by atoms with Crippen molar-refractivity contribution in [1.82, 2.24) is 29.8 Å². The molecule has 1 N–H and O–H groups in total. The Hall–Kier alpha value is -4.66. The molecule has 0 aliphatic carbocycles. The van der Waals surface area contributed by atoms with Gasteiger partial charge in [0.05, 0.1) is 18.7 Å². The average Bonchev–Trinajstić information content (AvgIpc) is 3.53. The van der Waals surface area contributed by atoms with E-state index in [9.17, 15) is 9.59 Å². The summed E-state index contributed by atoms with van der Waals surface area (Å²) in [5.41, 5.74) is 3.82. The van der Waals surface area contributed by atoms with Gasteiger partial charge >= 0.3 is 5.69 Å². The highest BCUT2D eigenvalue weighted by Gasteiger charge is 2.24. The Balaban J connectivity index is 1.45. The summed E-state index contributed by atoms with van der Waals surface area (Å²) in [5.74, 6) is -0.871. The lowest BCUT2D eigenvalue weighted by Crippen LogP contribution is -2.31.